The van der Waals surface area contributed by atoms with E-state index in [9.17, 15) is 9.59 Å². The van der Waals surface area contributed by atoms with Gasteiger partial charge in [-0.3, -0.25) is 4.79 Å². The first kappa shape index (κ1) is 15.8. The molecule has 1 N–H and O–H groups in total. The van der Waals surface area contributed by atoms with E-state index in [1.807, 2.05) is 30.3 Å². The van der Waals surface area contributed by atoms with Crippen molar-refractivity contribution in [3.63, 3.8) is 0 Å². The standard InChI is InChI=1S/C18H19NO3/c1-2-14-8-10-15(11-9-14)12-19-17(20)13-22-18(21)16-6-4-3-5-7-16/h3-11H,2,12-13H2,1H3,(H,19,20). The van der Waals surface area contributed by atoms with Gasteiger partial charge in [0.2, 0.25) is 0 Å². The van der Waals surface area contributed by atoms with Gasteiger partial charge in [-0.05, 0) is 29.7 Å². The van der Waals surface area contributed by atoms with Gasteiger partial charge in [-0.25, -0.2) is 4.79 Å². The molecule has 2 aromatic rings. The van der Waals surface area contributed by atoms with Crippen LogP contribution in [0.1, 0.15) is 28.4 Å². The minimum absolute atomic E-state index is 0.277. The van der Waals surface area contributed by atoms with Crippen LogP contribution in [0.3, 0.4) is 0 Å². The quantitative estimate of drug-likeness (QED) is 0.834. The predicted molar refractivity (Wildman–Crippen MR) is 84.4 cm³/mol. The normalized spacial score (nSPS) is 10.0. The van der Waals surface area contributed by atoms with E-state index in [0.717, 1.165) is 12.0 Å². The number of hydrogen-bond donors (Lipinski definition) is 1. The Kier molecular flexibility index (Phi) is 5.72. The number of benzene rings is 2. The SMILES string of the molecule is CCc1ccc(CNC(=O)COC(=O)c2ccccc2)cc1. The number of ether oxygens (including phenoxy) is 1. The molecule has 0 bridgehead atoms. The van der Waals surface area contributed by atoms with Gasteiger partial charge >= 0.3 is 5.97 Å². The van der Waals surface area contributed by atoms with Crippen molar-refractivity contribution in [3.8, 4) is 0 Å². The maximum absolute atomic E-state index is 11.7. The maximum atomic E-state index is 11.7. The molecule has 0 aromatic heterocycles. The van der Waals surface area contributed by atoms with Crippen molar-refractivity contribution in [3.05, 3.63) is 71.3 Å². The summed E-state index contributed by atoms with van der Waals surface area (Å²) in [6, 6.07) is 16.6. The van der Waals surface area contributed by atoms with E-state index in [4.69, 9.17) is 4.74 Å². The Morgan fingerprint density at radius 1 is 0.955 bits per heavy atom. The largest absolute Gasteiger partial charge is 0.452 e. The first-order valence-corrected chi connectivity index (χ1v) is 7.25. The van der Waals surface area contributed by atoms with E-state index in [1.165, 1.54) is 5.56 Å². The molecular weight excluding hydrogens is 278 g/mol. The Morgan fingerprint density at radius 3 is 2.23 bits per heavy atom. The summed E-state index contributed by atoms with van der Waals surface area (Å²) in [5.74, 6) is -0.813. The smallest absolute Gasteiger partial charge is 0.338 e. The van der Waals surface area contributed by atoms with Crippen molar-refractivity contribution in [2.45, 2.75) is 19.9 Å². The minimum Gasteiger partial charge on any atom is -0.452 e. The zero-order chi connectivity index (χ0) is 15.8. The molecule has 0 saturated heterocycles. The molecule has 4 heteroatoms. The van der Waals surface area contributed by atoms with Crippen LogP contribution < -0.4 is 5.32 Å². The lowest BCUT2D eigenvalue weighted by Crippen LogP contribution is -2.28. The Bertz CT molecular complexity index is 621. The van der Waals surface area contributed by atoms with Crippen LogP contribution in [0.15, 0.2) is 54.6 Å². The van der Waals surface area contributed by atoms with E-state index >= 15 is 0 Å². The molecule has 114 valence electrons. The van der Waals surface area contributed by atoms with Gasteiger partial charge in [-0.15, -0.1) is 0 Å². The number of amides is 1. The number of nitrogens with one attached hydrogen (secondary N) is 1. The highest BCUT2D eigenvalue weighted by Gasteiger charge is 2.09. The van der Waals surface area contributed by atoms with Crippen LogP contribution in [0, 0.1) is 0 Å². The van der Waals surface area contributed by atoms with Gasteiger partial charge in [0.25, 0.3) is 5.91 Å². The van der Waals surface area contributed by atoms with Crippen molar-refractivity contribution < 1.29 is 14.3 Å². The predicted octanol–water partition coefficient (Wildman–Crippen LogP) is 2.72. The molecule has 0 fully saturated rings. The number of aryl methyl sites for hydroxylation is 1. The van der Waals surface area contributed by atoms with Crippen LogP contribution in [0.25, 0.3) is 0 Å². The summed E-state index contributed by atoms with van der Waals surface area (Å²) in [5.41, 5.74) is 2.71. The minimum atomic E-state index is -0.497. The van der Waals surface area contributed by atoms with Crippen molar-refractivity contribution in [2.75, 3.05) is 6.61 Å². The molecule has 2 aromatic carbocycles. The maximum Gasteiger partial charge on any atom is 0.338 e. The molecule has 0 radical (unpaired) electrons. The third kappa shape index (κ3) is 4.74. The fraction of sp³-hybridized carbons (Fsp3) is 0.222. The molecular formula is C18H19NO3. The number of rotatable bonds is 6. The highest BCUT2D eigenvalue weighted by atomic mass is 16.5. The molecule has 22 heavy (non-hydrogen) atoms. The first-order valence-electron chi connectivity index (χ1n) is 7.25. The van der Waals surface area contributed by atoms with Crippen molar-refractivity contribution in [1.82, 2.24) is 5.32 Å². The Hall–Kier alpha value is -2.62. The lowest BCUT2D eigenvalue weighted by molar-refractivity contribution is -0.124. The van der Waals surface area contributed by atoms with Gasteiger partial charge in [0, 0.05) is 6.54 Å². The van der Waals surface area contributed by atoms with Crippen LogP contribution >= 0.6 is 0 Å². The van der Waals surface area contributed by atoms with E-state index < -0.39 is 5.97 Å². The average molecular weight is 297 g/mol. The zero-order valence-corrected chi connectivity index (χ0v) is 12.5. The van der Waals surface area contributed by atoms with Gasteiger partial charge < -0.3 is 10.1 Å². The lowest BCUT2D eigenvalue weighted by Gasteiger charge is -2.07. The van der Waals surface area contributed by atoms with Crippen LogP contribution in [0.4, 0.5) is 0 Å². The summed E-state index contributed by atoms with van der Waals surface area (Å²) in [6.07, 6.45) is 0.988. The fourth-order valence-electron chi connectivity index (χ4n) is 1.93. The third-order valence-electron chi connectivity index (χ3n) is 3.26. The topological polar surface area (TPSA) is 55.4 Å². The molecule has 2 rings (SSSR count). The summed E-state index contributed by atoms with van der Waals surface area (Å²) >= 11 is 0. The molecule has 0 aliphatic rings. The van der Waals surface area contributed by atoms with Crippen LogP contribution in [-0.4, -0.2) is 18.5 Å². The Balaban J connectivity index is 1.74. The molecule has 4 nitrogen and oxygen atoms in total. The van der Waals surface area contributed by atoms with E-state index in [2.05, 4.69) is 12.2 Å². The fourth-order valence-corrected chi connectivity index (χ4v) is 1.93. The molecule has 0 heterocycles. The van der Waals surface area contributed by atoms with E-state index in [1.54, 1.807) is 24.3 Å². The second kappa shape index (κ2) is 7.98. The van der Waals surface area contributed by atoms with Crippen LogP contribution in [0.2, 0.25) is 0 Å². The summed E-state index contributed by atoms with van der Waals surface area (Å²) < 4.78 is 4.96. The van der Waals surface area contributed by atoms with Gasteiger partial charge in [-0.1, -0.05) is 49.4 Å². The molecule has 0 saturated carbocycles. The number of hydrogen-bond acceptors (Lipinski definition) is 3. The first-order chi connectivity index (χ1) is 10.7. The second-order valence-electron chi connectivity index (χ2n) is 4.89. The van der Waals surface area contributed by atoms with E-state index in [0.29, 0.717) is 12.1 Å². The number of carbonyl (C=O) groups excluding carboxylic acids is 2. The second-order valence-corrected chi connectivity index (χ2v) is 4.89. The summed E-state index contributed by atoms with van der Waals surface area (Å²) in [7, 11) is 0. The number of carbonyl (C=O) groups is 2. The Labute approximate surface area is 130 Å². The van der Waals surface area contributed by atoms with Gasteiger partial charge in [0.1, 0.15) is 0 Å². The number of esters is 1. The summed E-state index contributed by atoms with van der Waals surface area (Å²) in [4.78, 5) is 23.4. The molecule has 1 amide bonds. The van der Waals surface area contributed by atoms with Crippen LogP contribution in [0.5, 0.6) is 0 Å². The molecule has 0 atom stereocenters. The molecule has 0 spiro atoms. The highest BCUT2D eigenvalue weighted by molar-refractivity contribution is 5.91. The van der Waals surface area contributed by atoms with Gasteiger partial charge in [0.05, 0.1) is 5.56 Å². The van der Waals surface area contributed by atoms with Crippen molar-refractivity contribution in [2.24, 2.45) is 0 Å². The van der Waals surface area contributed by atoms with Gasteiger partial charge in [-0.2, -0.15) is 0 Å². The summed E-state index contributed by atoms with van der Waals surface area (Å²) in [6.45, 7) is 2.24. The Morgan fingerprint density at radius 2 is 1.59 bits per heavy atom. The van der Waals surface area contributed by atoms with Crippen LogP contribution in [-0.2, 0) is 22.5 Å². The monoisotopic (exact) mass is 297 g/mol. The molecule has 0 unspecified atom stereocenters. The average Bonchev–Trinajstić information content (AvgIpc) is 2.59. The van der Waals surface area contributed by atoms with E-state index in [-0.39, 0.29) is 12.5 Å². The van der Waals surface area contributed by atoms with Crippen molar-refractivity contribution in [1.29, 1.82) is 0 Å². The third-order valence-corrected chi connectivity index (χ3v) is 3.26. The summed E-state index contributed by atoms with van der Waals surface area (Å²) in [5, 5.41) is 2.73. The highest BCUT2D eigenvalue weighted by Crippen LogP contribution is 2.05. The molecule has 0 aliphatic heterocycles. The van der Waals surface area contributed by atoms with Gasteiger partial charge in [0.15, 0.2) is 6.61 Å². The lowest BCUT2D eigenvalue weighted by atomic mass is 10.1. The molecule has 0 aliphatic carbocycles. The van der Waals surface area contributed by atoms with Crippen molar-refractivity contribution >= 4 is 11.9 Å². The zero-order valence-electron chi connectivity index (χ0n) is 12.5.